The maximum Gasteiger partial charge on any atom is 0.256 e. The Morgan fingerprint density at radius 1 is 1.12 bits per heavy atom. The summed E-state index contributed by atoms with van der Waals surface area (Å²) in [5.74, 6) is -0.367. The molecule has 0 radical (unpaired) electrons. The van der Waals surface area contributed by atoms with E-state index in [1.165, 1.54) is 26.2 Å². The number of anilines is 1. The lowest BCUT2D eigenvalue weighted by molar-refractivity contribution is 0.102. The second kappa shape index (κ2) is 7.29. The third kappa shape index (κ3) is 3.71. The number of rotatable bonds is 4. The average molecular weight is 481 g/mol. The van der Waals surface area contributed by atoms with Gasteiger partial charge in [0.1, 0.15) is 0 Å². The van der Waals surface area contributed by atoms with Gasteiger partial charge in [0.05, 0.1) is 16.0 Å². The van der Waals surface area contributed by atoms with Gasteiger partial charge in [-0.1, -0.05) is 6.07 Å². The van der Waals surface area contributed by atoms with Crippen molar-refractivity contribution in [1.29, 1.82) is 0 Å². The molecule has 8 heteroatoms. The lowest BCUT2D eigenvalue weighted by Crippen LogP contribution is -2.23. The number of nitrogens with one attached hydrogen (secondary N) is 1. The van der Waals surface area contributed by atoms with Crippen LogP contribution in [0.15, 0.2) is 59.6 Å². The van der Waals surface area contributed by atoms with Crippen LogP contribution in [0.3, 0.4) is 0 Å². The van der Waals surface area contributed by atoms with Crippen molar-refractivity contribution in [3.8, 4) is 0 Å². The molecule has 134 valence electrons. The smallest absolute Gasteiger partial charge is 0.256 e. The topological polar surface area (TPSA) is 79.4 Å². The SMILES string of the molecule is CN(C)S(=O)(=O)c1ccc(I)c(C(=O)Nc2ccc3ncccc3c2)c1. The number of carbonyl (C=O) groups excluding carboxylic acids is 1. The van der Waals surface area contributed by atoms with Crippen LogP contribution in [0, 0.1) is 3.57 Å². The van der Waals surface area contributed by atoms with Crippen LogP contribution < -0.4 is 5.32 Å². The highest BCUT2D eigenvalue weighted by Gasteiger charge is 2.20. The Morgan fingerprint density at radius 2 is 1.88 bits per heavy atom. The summed E-state index contributed by atoms with van der Waals surface area (Å²) in [6, 6.07) is 13.7. The average Bonchev–Trinajstić information content (AvgIpc) is 2.61. The summed E-state index contributed by atoms with van der Waals surface area (Å²) in [6.07, 6.45) is 1.71. The van der Waals surface area contributed by atoms with Crippen molar-refractivity contribution in [3.63, 3.8) is 0 Å². The van der Waals surface area contributed by atoms with Gasteiger partial charge in [-0.05, 0) is 65.1 Å². The van der Waals surface area contributed by atoms with Gasteiger partial charge in [0, 0.05) is 34.9 Å². The minimum atomic E-state index is -3.61. The fourth-order valence-electron chi connectivity index (χ4n) is 2.40. The van der Waals surface area contributed by atoms with Gasteiger partial charge in [-0.15, -0.1) is 0 Å². The van der Waals surface area contributed by atoms with Gasteiger partial charge in [-0.2, -0.15) is 0 Å². The van der Waals surface area contributed by atoms with Crippen molar-refractivity contribution in [2.45, 2.75) is 4.90 Å². The number of fused-ring (bicyclic) bond motifs is 1. The van der Waals surface area contributed by atoms with Gasteiger partial charge in [0.15, 0.2) is 0 Å². The molecule has 0 aliphatic carbocycles. The molecule has 26 heavy (non-hydrogen) atoms. The molecule has 1 N–H and O–H groups in total. The number of carbonyl (C=O) groups is 1. The van der Waals surface area contributed by atoms with Gasteiger partial charge >= 0.3 is 0 Å². The lowest BCUT2D eigenvalue weighted by atomic mass is 10.1. The fraction of sp³-hybridized carbons (Fsp3) is 0.111. The van der Waals surface area contributed by atoms with E-state index >= 15 is 0 Å². The lowest BCUT2D eigenvalue weighted by Gasteiger charge is -2.13. The van der Waals surface area contributed by atoms with E-state index in [2.05, 4.69) is 10.3 Å². The number of hydrogen-bond acceptors (Lipinski definition) is 4. The Morgan fingerprint density at radius 3 is 2.62 bits per heavy atom. The summed E-state index contributed by atoms with van der Waals surface area (Å²) in [6.45, 7) is 0. The van der Waals surface area contributed by atoms with Crippen LogP contribution in [0.5, 0.6) is 0 Å². The minimum Gasteiger partial charge on any atom is -0.322 e. The predicted octanol–water partition coefficient (Wildman–Crippen LogP) is 3.34. The molecule has 0 saturated heterocycles. The number of benzene rings is 2. The first-order chi connectivity index (χ1) is 12.3. The van der Waals surface area contributed by atoms with Crippen LogP contribution in [0.1, 0.15) is 10.4 Å². The number of hydrogen-bond donors (Lipinski definition) is 1. The van der Waals surface area contributed by atoms with E-state index in [4.69, 9.17) is 0 Å². The number of amides is 1. The number of halogens is 1. The molecular formula is C18H16IN3O3S. The van der Waals surface area contributed by atoms with E-state index < -0.39 is 10.0 Å². The third-order valence-corrected chi connectivity index (χ3v) is 6.57. The third-order valence-electron chi connectivity index (χ3n) is 3.82. The maximum atomic E-state index is 12.7. The molecule has 0 saturated carbocycles. The van der Waals surface area contributed by atoms with E-state index in [0.717, 1.165) is 15.2 Å². The van der Waals surface area contributed by atoms with Gasteiger partial charge in [0.2, 0.25) is 10.0 Å². The van der Waals surface area contributed by atoms with Crippen LogP contribution in [0.25, 0.3) is 10.9 Å². The van der Waals surface area contributed by atoms with E-state index in [1.54, 1.807) is 18.3 Å². The molecule has 0 bridgehead atoms. The van der Waals surface area contributed by atoms with Crippen molar-refractivity contribution < 1.29 is 13.2 Å². The molecule has 1 heterocycles. The fourth-order valence-corrected chi connectivity index (χ4v) is 3.91. The van der Waals surface area contributed by atoms with Crippen LogP contribution in [-0.4, -0.2) is 37.7 Å². The first kappa shape index (κ1) is 18.7. The molecule has 0 unspecified atom stereocenters. The highest BCUT2D eigenvalue weighted by atomic mass is 127. The van der Waals surface area contributed by atoms with Gasteiger partial charge in [0.25, 0.3) is 5.91 Å². The quantitative estimate of drug-likeness (QED) is 0.580. The number of nitrogens with zero attached hydrogens (tertiary/aromatic N) is 2. The van der Waals surface area contributed by atoms with Gasteiger partial charge < -0.3 is 5.32 Å². The number of aromatic nitrogens is 1. The molecule has 1 amide bonds. The van der Waals surface area contributed by atoms with Crippen LogP contribution in [-0.2, 0) is 10.0 Å². The molecule has 0 aliphatic heterocycles. The summed E-state index contributed by atoms with van der Waals surface area (Å²) in [7, 11) is -0.701. The molecule has 0 aliphatic rings. The van der Waals surface area contributed by atoms with E-state index in [-0.39, 0.29) is 10.8 Å². The standard InChI is InChI=1S/C18H16IN3O3S/c1-22(2)26(24,25)14-6-7-16(19)15(11-14)18(23)21-13-5-8-17-12(10-13)4-3-9-20-17/h3-11H,1-2H3,(H,21,23). The molecule has 6 nitrogen and oxygen atoms in total. The highest BCUT2D eigenvalue weighted by molar-refractivity contribution is 14.1. The Kier molecular flexibility index (Phi) is 5.26. The van der Waals surface area contributed by atoms with Crippen LogP contribution in [0.4, 0.5) is 5.69 Å². The van der Waals surface area contributed by atoms with Crippen molar-refractivity contribution in [2.24, 2.45) is 0 Å². The van der Waals surface area contributed by atoms with Crippen molar-refractivity contribution in [1.82, 2.24) is 9.29 Å². The Labute approximate surface area is 165 Å². The number of sulfonamides is 1. The highest BCUT2D eigenvalue weighted by Crippen LogP contribution is 2.22. The Bertz CT molecular complexity index is 1100. The Hall–Kier alpha value is -2.04. The predicted molar refractivity (Wildman–Crippen MR) is 110 cm³/mol. The molecule has 0 spiro atoms. The zero-order chi connectivity index (χ0) is 18.9. The molecule has 1 aromatic heterocycles. The first-order valence-corrected chi connectivity index (χ1v) is 10.2. The summed E-state index contributed by atoms with van der Waals surface area (Å²) in [4.78, 5) is 17.0. The minimum absolute atomic E-state index is 0.0794. The van der Waals surface area contributed by atoms with Crippen LogP contribution in [0.2, 0.25) is 0 Å². The van der Waals surface area contributed by atoms with Crippen molar-refractivity contribution >= 4 is 55.1 Å². The molecule has 3 rings (SSSR count). The zero-order valence-electron chi connectivity index (χ0n) is 14.1. The second-order valence-corrected chi connectivity index (χ2v) is 9.11. The van der Waals surface area contributed by atoms with Gasteiger partial charge in [-0.25, -0.2) is 12.7 Å². The summed E-state index contributed by atoms with van der Waals surface area (Å²) in [5, 5.41) is 3.73. The largest absolute Gasteiger partial charge is 0.322 e. The van der Waals surface area contributed by atoms with E-state index in [0.29, 0.717) is 14.8 Å². The second-order valence-electron chi connectivity index (χ2n) is 5.79. The monoisotopic (exact) mass is 481 g/mol. The molecule has 3 aromatic rings. The maximum absolute atomic E-state index is 12.7. The first-order valence-electron chi connectivity index (χ1n) is 7.67. The summed E-state index contributed by atoms with van der Waals surface area (Å²) < 4.78 is 26.4. The normalized spacial score (nSPS) is 11.7. The van der Waals surface area contributed by atoms with Crippen LogP contribution >= 0.6 is 22.6 Å². The number of pyridine rings is 1. The molecular weight excluding hydrogens is 465 g/mol. The van der Waals surface area contributed by atoms with E-state index in [1.807, 2.05) is 46.9 Å². The molecule has 0 atom stereocenters. The summed E-state index contributed by atoms with van der Waals surface area (Å²) in [5.41, 5.74) is 1.76. The van der Waals surface area contributed by atoms with Crippen molar-refractivity contribution in [3.05, 3.63) is 63.9 Å². The Balaban J connectivity index is 1.94. The van der Waals surface area contributed by atoms with E-state index in [9.17, 15) is 13.2 Å². The summed E-state index contributed by atoms with van der Waals surface area (Å²) >= 11 is 2.02. The molecule has 2 aromatic carbocycles. The van der Waals surface area contributed by atoms with Gasteiger partial charge in [-0.3, -0.25) is 9.78 Å². The van der Waals surface area contributed by atoms with Crippen molar-refractivity contribution in [2.75, 3.05) is 19.4 Å². The zero-order valence-corrected chi connectivity index (χ0v) is 17.1. The molecule has 0 fully saturated rings.